The maximum Gasteiger partial charge on any atom is 0.434 e. The Morgan fingerprint density at radius 2 is 1.50 bits per heavy atom. The summed E-state index contributed by atoms with van der Waals surface area (Å²) in [5.41, 5.74) is -1.21. The van der Waals surface area contributed by atoms with Crippen molar-refractivity contribution in [2.45, 2.75) is 89.1 Å². The highest BCUT2D eigenvalue weighted by molar-refractivity contribution is 5.93. The Kier molecular flexibility index (Phi) is 7.69. The number of hydrogen-bond acceptors (Lipinski definition) is 6. The number of amides is 3. The van der Waals surface area contributed by atoms with Gasteiger partial charge in [0.1, 0.15) is 17.1 Å². The van der Waals surface area contributed by atoms with Crippen molar-refractivity contribution in [1.82, 2.24) is 24.3 Å². The summed E-state index contributed by atoms with van der Waals surface area (Å²) in [6, 6.07) is 0. The number of fused-ring (bicyclic) bond motifs is 1. The number of halogens is 6. The largest absolute Gasteiger partial charge is 0.444 e. The van der Waals surface area contributed by atoms with Crippen molar-refractivity contribution in [1.29, 1.82) is 0 Å². The molecule has 2 saturated heterocycles. The molecule has 0 saturated carbocycles. The molecule has 1 aromatic heterocycles. The Balaban J connectivity index is 1.40. The molecule has 0 bridgehead atoms. The first-order chi connectivity index (χ1) is 18.4. The first-order valence-electron chi connectivity index (χ1n) is 12.8. The van der Waals surface area contributed by atoms with Crippen LogP contribution in [0.15, 0.2) is 6.20 Å². The van der Waals surface area contributed by atoms with E-state index in [4.69, 9.17) is 4.74 Å². The van der Waals surface area contributed by atoms with Gasteiger partial charge in [0, 0.05) is 44.5 Å². The van der Waals surface area contributed by atoms with E-state index < -0.39 is 41.8 Å². The highest BCUT2D eigenvalue weighted by Gasteiger charge is 2.60. The smallest absolute Gasteiger partial charge is 0.434 e. The predicted octanol–water partition coefficient (Wildman–Crippen LogP) is 4.33. The van der Waals surface area contributed by atoms with E-state index in [-0.39, 0.29) is 44.1 Å². The molecule has 0 aromatic carbocycles. The lowest BCUT2D eigenvalue weighted by Crippen LogP contribution is -2.56. The third-order valence-corrected chi connectivity index (χ3v) is 7.28. The number of likely N-dealkylation sites (tertiary alicyclic amines) is 2. The van der Waals surface area contributed by atoms with E-state index in [1.165, 1.54) is 4.90 Å². The van der Waals surface area contributed by atoms with E-state index in [0.29, 0.717) is 38.3 Å². The van der Waals surface area contributed by atoms with E-state index in [2.05, 4.69) is 9.72 Å². The van der Waals surface area contributed by atoms with E-state index in [9.17, 15) is 40.7 Å². The SMILES string of the molecule is CC(C)(C)OC(=O)N1CCn2cc(C(=O)N3CCCC34CCN(C(=O)OC(C(F)(F)F)C(F)(F)F)CC4)nc2C1. The summed E-state index contributed by atoms with van der Waals surface area (Å²) in [6.07, 6.45) is -14.9. The van der Waals surface area contributed by atoms with Crippen LogP contribution in [0.4, 0.5) is 35.9 Å². The molecule has 10 nitrogen and oxygen atoms in total. The van der Waals surface area contributed by atoms with Crippen molar-refractivity contribution in [2.24, 2.45) is 0 Å². The number of carbonyl (C=O) groups excluding carboxylic acids is 3. The van der Waals surface area contributed by atoms with Gasteiger partial charge in [0.15, 0.2) is 0 Å². The summed E-state index contributed by atoms with van der Waals surface area (Å²) >= 11 is 0. The summed E-state index contributed by atoms with van der Waals surface area (Å²) in [7, 11) is 0. The van der Waals surface area contributed by atoms with Gasteiger partial charge in [-0.05, 0) is 46.5 Å². The van der Waals surface area contributed by atoms with Gasteiger partial charge in [-0.3, -0.25) is 9.69 Å². The van der Waals surface area contributed by atoms with Crippen molar-refractivity contribution in [3.63, 3.8) is 0 Å². The van der Waals surface area contributed by atoms with Crippen LogP contribution in [0.3, 0.4) is 0 Å². The Morgan fingerprint density at radius 1 is 0.875 bits per heavy atom. The minimum atomic E-state index is -5.80. The molecule has 0 unspecified atom stereocenters. The molecule has 1 aromatic rings. The molecular formula is C24H31F6N5O5. The summed E-state index contributed by atoms with van der Waals surface area (Å²) < 4.78 is 87.8. The predicted molar refractivity (Wildman–Crippen MR) is 125 cm³/mol. The van der Waals surface area contributed by atoms with Gasteiger partial charge in [-0.15, -0.1) is 0 Å². The zero-order chi connectivity index (χ0) is 29.7. The molecule has 1 spiro atoms. The molecule has 0 atom stereocenters. The van der Waals surface area contributed by atoms with Crippen molar-refractivity contribution in [3.8, 4) is 0 Å². The van der Waals surface area contributed by atoms with Crippen LogP contribution in [0.2, 0.25) is 0 Å². The molecule has 16 heteroatoms. The minimum Gasteiger partial charge on any atom is -0.444 e. The van der Waals surface area contributed by atoms with Gasteiger partial charge in [-0.2, -0.15) is 26.3 Å². The minimum absolute atomic E-state index is 0.154. The van der Waals surface area contributed by atoms with Gasteiger partial charge in [-0.1, -0.05) is 0 Å². The number of rotatable bonds is 2. The van der Waals surface area contributed by atoms with E-state index in [1.807, 2.05) is 0 Å². The quantitative estimate of drug-likeness (QED) is 0.481. The fraction of sp³-hybridized carbons (Fsp3) is 0.750. The Labute approximate surface area is 226 Å². The second-order valence-corrected chi connectivity index (χ2v) is 11.3. The van der Waals surface area contributed by atoms with E-state index in [0.717, 1.165) is 4.90 Å². The number of hydrogen-bond donors (Lipinski definition) is 0. The van der Waals surface area contributed by atoms with Crippen molar-refractivity contribution >= 4 is 18.1 Å². The number of imidazole rings is 1. The molecule has 3 aliphatic heterocycles. The van der Waals surface area contributed by atoms with Gasteiger partial charge >= 0.3 is 24.5 Å². The summed E-state index contributed by atoms with van der Waals surface area (Å²) in [4.78, 5) is 46.5. The zero-order valence-electron chi connectivity index (χ0n) is 22.3. The number of piperidine rings is 1. The standard InChI is InChI=1S/C24H31F6N5O5/c1-21(2,3)40-20(38)34-12-11-33-13-15(31-16(33)14-34)17(36)35-8-4-5-22(35)6-9-32(10-7-22)19(37)39-18(23(25,26)27)24(28,29)30/h13,18H,4-12,14H2,1-3H3. The molecule has 0 radical (unpaired) electrons. The van der Waals surface area contributed by atoms with Crippen molar-refractivity contribution < 1.29 is 50.2 Å². The highest BCUT2D eigenvalue weighted by Crippen LogP contribution is 2.40. The lowest BCUT2D eigenvalue weighted by atomic mass is 9.85. The van der Waals surface area contributed by atoms with Crippen LogP contribution in [0.25, 0.3) is 0 Å². The van der Waals surface area contributed by atoms with Crippen LogP contribution in [0.1, 0.15) is 62.8 Å². The maximum absolute atomic E-state index is 13.5. The molecule has 224 valence electrons. The van der Waals surface area contributed by atoms with Gasteiger partial charge in [0.25, 0.3) is 12.0 Å². The second-order valence-electron chi connectivity index (χ2n) is 11.3. The number of ether oxygens (including phenoxy) is 2. The lowest BCUT2D eigenvalue weighted by molar-refractivity contribution is -0.308. The monoisotopic (exact) mass is 583 g/mol. The van der Waals surface area contributed by atoms with Crippen LogP contribution in [-0.4, -0.2) is 98.1 Å². The average Bonchev–Trinajstić information content (AvgIpc) is 3.43. The molecule has 0 aliphatic carbocycles. The molecule has 4 rings (SSSR count). The molecular weight excluding hydrogens is 552 g/mol. The second kappa shape index (κ2) is 10.3. The third-order valence-electron chi connectivity index (χ3n) is 7.28. The number of nitrogens with zero attached hydrogens (tertiary/aromatic N) is 5. The molecule has 2 fully saturated rings. The molecule has 40 heavy (non-hydrogen) atoms. The van der Waals surface area contributed by atoms with Crippen LogP contribution in [0, 0.1) is 0 Å². The zero-order valence-corrected chi connectivity index (χ0v) is 22.3. The van der Waals surface area contributed by atoms with Gasteiger partial charge < -0.3 is 23.8 Å². The topological polar surface area (TPSA) is 97.2 Å². The Morgan fingerprint density at radius 3 is 2.08 bits per heavy atom. The molecule has 3 aliphatic rings. The van der Waals surface area contributed by atoms with Crippen LogP contribution in [0.5, 0.6) is 0 Å². The molecule has 4 heterocycles. The first-order valence-corrected chi connectivity index (χ1v) is 12.8. The molecule has 3 amide bonds. The fourth-order valence-electron chi connectivity index (χ4n) is 5.35. The summed E-state index contributed by atoms with van der Waals surface area (Å²) in [5.74, 6) is 0.142. The summed E-state index contributed by atoms with van der Waals surface area (Å²) in [6.45, 7) is 6.25. The van der Waals surface area contributed by atoms with Crippen LogP contribution >= 0.6 is 0 Å². The molecule has 0 N–H and O–H groups in total. The first kappa shape index (κ1) is 29.8. The van der Waals surface area contributed by atoms with Crippen LogP contribution in [-0.2, 0) is 22.6 Å². The third kappa shape index (κ3) is 6.24. The van der Waals surface area contributed by atoms with Crippen molar-refractivity contribution in [2.75, 3.05) is 26.2 Å². The number of aromatic nitrogens is 2. The van der Waals surface area contributed by atoms with Gasteiger partial charge in [-0.25, -0.2) is 14.6 Å². The summed E-state index contributed by atoms with van der Waals surface area (Å²) in [5, 5.41) is 0. The maximum atomic E-state index is 13.5. The number of carbonyl (C=O) groups is 3. The number of alkyl halides is 6. The van der Waals surface area contributed by atoms with Crippen LogP contribution < -0.4 is 0 Å². The van der Waals surface area contributed by atoms with E-state index >= 15 is 0 Å². The average molecular weight is 584 g/mol. The lowest BCUT2D eigenvalue weighted by Gasteiger charge is -2.44. The Hall–Kier alpha value is -3.20. The fourth-order valence-corrected chi connectivity index (χ4v) is 5.35. The van der Waals surface area contributed by atoms with E-state index in [1.54, 1.807) is 36.4 Å². The normalized spacial score (nSPS) is 19.7. The van der Waals surface area contributed by atoms with Crippen molar-refractivity contribution in [3.05, 3.63) is 17.7 Å². The highest BCUT2D eigenvalue weighted by atomic mass is 19.4. The Bertz CT molecular complexity index is 1120. The van der Waals surface area contributed by atoms with Gasteiger partial charge in [0.2, 0.25) is 0 Å². The van der Waals surface area contributed by atoms with Gasteiger partial charge in [0.05, 0.1) is 6.54 Å².